The maximum atomic E-state index is 12.2. The van der Waals surface area contributed by atoms with Crippen LogP contribution in [0.25, 0.3) is 0 Å². The maximum Gasteiger partial charge on any atom is 0.261 e. The van der Waals surface area contributed by atoms with Crippen LogP contribution in [0.3, 0.4) is 0 Å². The molecular weight excluding hydrogens is 268 g/mol. The molecular formula is C16H20N2O3. The van der Waals surface area contributed by atoms with E-state index in [0.29, 0.717) is 19.4 Å². The van der Waals surface area contributed by atoms with Gasteiger partial charge in [-0.3, -0.25) is 9.59 Å². The summed E-state index contributed by atoms with van der Waals surface area (Å²) >= 11 is 0. The zero-order valence-electron chi connectivity index (χ0n) is 11.9. The summed E-state index contributed by atoms with van der Waals surface area (Å²) in [4.78, 5) is 23.5. The van der Waals surface area contributed by atoms with Crippen molar-refractivity contribution >= 4 is 11.8 Å². The third kappa shape index (κ3) is 3.35. The van der Waals surface area contributed by atoms with Gasteiger partial charge in [0, 0.05) is 19.0 Å². The first-order valence-electron chi connectivity index (χ1n) is 7.54. The van der Waals surface area contributed by atoms with Gasteiger partial charge in [0.15, 0.2) is 6.10 Å². The Morgan fingerprint density at radius 3 is 3.00 bits per heavy atom. The monoisotopic (exact) mass is 288 g/mol. The summed E-state index contributed by atoms with van der Waals surface area (Å²) in [5.74, 6) is 0.780. The largest absolute Gasteiger partial charge is 0.480 e. The smallest absolute Gasteiger partial charge is 0.261 e. The molecule has 2 atom stereocenters. The minimum Gasteiger partial charge on any atom is -0.480 e. The quantitative estimate of drug-likeness (QED) is 0.877. The Balaban J connectivity index is 1.51. The summed E-state index contributed by atoms with van der Waals surface area (Å²) in [6.45, 7) is 0.478. The van der Waals surface area contributed by atoms with E-state index in [4.69, 9.17) is 4.74 Å². The molecule has 2 heterocycles. The number of nitrogens with one attached hydrogen (secondary N) is 2. The van der Waals surface area contributed by atoms with Crippen molar-refractivity contribution in [2.75, 3.05) is 6.54 Å². The van der Waals surface area contributed by atoms with Crippen LogP contribution in [0.2, 0.25) is 0 Å². The molecule has 0 spiro atoms. The third-order valence-corrected chi connectivity index (χ3v) is 4.05. The third-order valence-electron chi connectivity index (χ3n) is 4.05. The maximum absolute atomic E-state index is 12.2. The molecule has 2 N–H and O–H groups in total. The van der Waals surface area contributed by atoms with Gasteiger partial charge in [0.1, 0.15) is 5.75 Å². The van der Waals surface area contributed by atoms with Crippen molar-refractivity contribution in [2.45, 2.75) is 44.2 Å². The van der Waals surface area contributed by atoms with E-state index in [0.717, 1.165) is 30.6 Å². The fourth-order valence-corrected chi connectivity index (χ4v) is 2.88. The van der Waals surface area contributed by atoms with Gasteiger partial charge in [-0.1, -0.05) is 18.2 Å². The van der Waals surface area contributed by atoms with E-state index in [-0.39, 0.29) is 17.9 Å². The SMILES string of the molecule is O=C1CCC[C@H](CNC(=O)C2CCc3ccccc3O2)N1. The summed E-state index contributed by atoms with van der Waals surface area (Å²) in [6.07, 6.45) is 3.51. The van der Waals surface area contributed by atoms with E-state index in [9.17, 15) is 9.59 Å². The number of benzene rings is 1. The average molecular weight is 288 g/mol. The van der Waals surface area contributed by atoms with Crippen LogP contribution in [0.15, 0.2) is 24.3 Å². The Morgan fingerprint density at radius 1 is 1.29 bits per heavy atom. The standard InChI is InChI=1S/C16H20N2O3/c19-15-7-3-5-12(18-15)10-17-16(20)14-9-8-11-4-1-2-6-13(11)21-14/h1-2,4,6,12,14H,3,5,7-10H2,(H,17,20)(H,18,19)/t12-,14?/m1/s1. The van der Waals surface area contributed by atoms with Gasteiger partial charge in [-0.15, -0.1) is 0 Å². The second-order valence-corrected chi connectivity index (χ2v) is 5.65. The molecule has 5 nitrogen and oxygen atoms in total. The Bertz CT molecular complexity index is 544. The number of piperidine rings is 1. The molecule has 112 valence electrons. The molecule has 0 saturated carbocycles. The second-order valence-electron chi connectivity index (χ2n) is 5.65. The highest BCUT2D eigenvalue weighted by atomic mass is 16.5. The number of amides is 2. The van der Waals surface area contributed by atoms with Crippen molar-refractivity contribution in [2.24, 2.45) is 0 Å². The van der Waals surface area contributed by atoms with Crippen molar-refractivity contribution in [1.82, 2.24) is 10.6 Å². The molecule has 2 aliphatic rings. The van der Waals surface area contributed by atoms with E-state index in [1.165, 1.54) is 0 Å². The molecule has 1 unspecified atom stereocenters. The van der Waals surface area contributed by atoms with Gasteiger partial charge in [0.25, 0.3) is 5.91 Å². The molecule has 0 bridgehead atoms. The van der Waals surface area contributed by atoms with E-state index < -0.39 is 6.10 Å². The predicted molar refractivity (Wildman–Crippen MR) is 78.0 cm³/mol. The zero-order chi connectivity index (χ0) is 14.7. The first-order valence-corrected chi connectivity index (χ1v) is 7.54. The zero-order valence-corrected chi connectivity index (χ0v) is 11.9. The second kappa shape index (κ2) is 6.16. The number of fused-ring (bicyclic) bond motifs is 1. The Kier molecular flexibility index (Phi) is 4.08. The van der Waals surface area contributed by atoms with Gasteiger partial charge in [0.05, 0.1) is 0 Å². The molecule has 3 rings (SSSR count). The number of carbonyl (C=O) groups is 2. The summed E-state index contributed by atoms with van der Waals surface area (Å²) in [5.41, 5.74) is 1.15. The summed E-state index contributed by atoms with van der Waals surface area (Å²) < 4.78 is 5.76. The number of hydrogen-bond acceptors (Lipinski definition) is 3. The summed E-state index contributed by atoms with van der Waals surface area (Å²) in [5, 5.41) is 5.79. The first kappa shape index (κ1) is 13.9. The number of aryl methyl sites for hydroxylation is 1. The van der Waals surface area contributed by atoms with Crippen molar-refractivity contribution in [3.05, 3.63) is 29.8 Å². The number of carbonyl (C=O) groups excluding carboxylic acids is 2. The molecule has 1 aromatic rings. The Hall–Kier alpha value is -2.04. The predicted octanol–water partition coefficient (Wildman–Crippen LogP) is 1.17. The molecule has 0 aromatic heterocycles. The lowest BCUT2D eigenvalue weighted by Gasteiger charge is -2.27. The number of hydrogen-bond donors (Lipinski definition) is 2. The molecule has 21 heavy (non-hydrogen) atoms. The number of para-hydroxylation sites is 1. The van der Waals surface area contributed by atoms with Crippen molar-refractivity contribution in [3.8, 4) is 5.75 Å². The fraction of sp³-hybridized carbons (Fsp3) is 0.500. The molecule has 1 fully saturated rings. The first-order chi connectivity index (χ1) is 10.2. The lowest BCUT2D eigenvalue weighted by atomic mass is 10.0. The Labute approximate surface area is 124 Å². The van der Waals surface area contributed by atoms with Gasteiger partial charge in [0.2, 0.25) is 5.91 Å². The molecule has 1 saturated heterocycles. The van der Waals surface area contributed by atoms with Crippen molar-refractivity contribution < 1.29 is 14.3 Å². The lowest BCUT2D eigenvalue weighted by Crippen LogP contribution is -2.49. The van der Waals surface area contributed by atoms with Crippen LogP contribution >= 0.6 is 0 Å². The van der Waals surface area contributed by atoms with Gasteiger partial charge < -0.3 is 15.4 Å². The van der Waals surface area contributed by atoms with Crippen LogP contribution in [0.1, 0.15) is 31.2 Å². The molecule has 2 amide bonds. The summed E-state index contributed by atoms with van der Waals surface area (Å²) in [7, 11) is 0. The summed E-state index contributed by atoms with van der Waals surface area (Å²) in [6, 6.07) is 7.87. The number of ether oxygens (including phenoxy) is 1. The van der Waals surface area contributed by atoms with Gasteiger partial charge >= 0.3 is 0 Å². The van der Waals surface area contributed by atoms with Crippen LogP contribution in [-0.2, 0) is 16.0 Å². The highest BCUT2D eigenvalue weighted by molar-refractivity contribution is 5.82. The van der Waals surface area contributed by atoms with Crippen LogP contribution in [0.4, 0.5) is 0 Å². The Morgan fingerprint density at radius 2 is 2.14 bits per heavy atom. The van der Waals surface area contributed by atoms with Crippen LogP contribution < -0.4 is 15.4 Å². The van der Waals surface area contributed by atoms with Gasteiger partial charge in [-0.05, 0) is 37.3 Å². The van der Waals surface area contributed by atoms with Gasteiger partial charge in [-0.25, -0.2) is 0 Å². The van der Waals surface area contributed by atoms with E-state index in [1.54, 1.807) is 0 Å². The van der Waals surface area contributed by atoms with Crippen LogP contribution in [0, 0.1) is 0 Å². The normalized spacial score (nSPS) is 24.5. The fourth-order valence-electron chi connectivity index (χ4n) is 2.88. The lowest BCUT2D eigenvalue weighted by molar-refractivity contribution is -0.129. The molecule has 0 radical (unpaired) electrons. The molecule has 0 aliphatic carbocycles. The van der Waals surface area contributed by atoms with Gasteiger partial charge in [-0.2, -0.15) is 0 Å². The minimum absolute atomic E-state index is 0.0473. The average Bonchev–Trinajstić information content (AvgIpc) is 2.52. The number of rotatable bonds is 3. The van der Waals surface area contributed by atoms with Crippen LogP contribution in [0.5, 0.6) is 5.75 Å². The molecule has 2 aliphatic heterocycles. The molecule has 1 aromatic carbocycles. The van der Waals surface area contributed by atoms with E-state index in [2.05, 4.69) is 10.6 Å². The highest BCUT2D eigenvalue weighted by Gasteiger charge is 2.26. The van der Waals surface area contributed by atoms with Crippen LogP contribution in [-0.4, -0.2) is 30.5 Å². The van der Waals surface area contributed by atoms with E-state index >= 15 is 0 Å². The highest BCUT2D eigenvalue weighted by Crippen LogP contribution is 2.27. The molecule has 5 heteroatoms. The van der Waals surface area contributed by atoms with Crippen molar-refractivity contribution in [3.63, 3.8) is 0 Å². The minimum atomic E-state index is -0.431. The topological polar surface area (TPSA) is 67.4 Å². The van der Waals surface area contributed by atoms with E-state index in [1.807, 2.05) is 24.3 Å². The van der Waals surface area contributed by atoms with Crippen molar-refractivity contribution in [1.29, 1.82) is 0 Å².